The number of rotatable bonds is 8. The molecule has 3 aliphatic rings. The molecule has 3 aliphatic heterocycles. The van der Waals surface area contributed by atoms with Crippen LogP contribution in [0.5, 0.6) is 11.5 Å². The van der Waals surface area contributed by atoms with Crippen LogP contribution in [0.4, 0.5) is 16.2 Å². The van der Waals surface area contributed by atoms with Crippen LogP contribution in [0.1, 0.15) is 58.1 Å². The van der Waals surface area contributed by atoms with Crippen molar-refractivity contribution in [2.24, 2.45) is 0 Å². The first-order chi connectivity index (χ1) is 25.8. The summed E-state index contributed by atoms with van der Waals surface area (Å²) in [5.41, 5.74) is 7.06. The van der Waals surface area contributed by atoms with Crippen LogP contribution in [0.2, 0.25) is 10.0 Å². The summed E-state index contributed by atoms with van der Waals surface area (Å²) in [6, 6.07) is 34.2. The van der Waals surface area contributed by atoms with E-state index >= 15 is 0 Å². The third kappa shape index (κ3) is 6.65. The number of imide groups is 2. The first-order valence-corrected chi connectivity index (χ1v) is 18.2. The molecule has 1 saturated heterocycles. The molecule has 53 heavy (non-hydrogen) atoms. The zero-order valence-electron chi connectivity index (χ0n) is 28.9. The number of hydrogen-bond donors (Lipinski definition) is 1. The maximum Gasteiger partial charge on any atom is 0.335 e. The number of nitrogens with zero attached hydrogens (tertiary/aromatic N) is 2. The number of methoxy groups -OCH3 is 1. The van der Waals surface area contributed by atoms with Crippen molar-refractivity contribution in [1.82, 2.24) is 5.32 Å². The van der Waals surface area contributed by atoms with Gasteiger partial charge in [-0.25, -0.2) is 9.69 Å². The predicted octanol–water partition coefficient (Wildman–Crippen LogP) is 9.12. The molecule has 8 nitrogen and oxygen atoms in total. The van der Waals surface area contributed by atoms with Gasteiger partial charge in [-0.05, 0) is 88.7 Å². The minimum atomic E-state index is -0.805. The summed E-state index contributed by atoms with van der Waals surface area (Å²) < 4.78 is 11.6. The van der Waals surface area contributed by atoms with Crippen molar-refractivity contribution in [3.05, 3.63) is 158 Å². The van der Waals surface area contributed by atoms with E-state index in [1.165, 1.54) is 24.3 Å². The lowest BCUT2D eigenvalue weighted by Gasteiger charge is -2.44. The van der Waals surface area contributed by atoms with E-state index in [9.17, 15) is 14.4 Å². The predicted molar refractivity (Wildman–Crippen MR) is 207 cm³/mol. The standard InChI is InChI=1S/C43H35Cl2N3O5/c1-52-38-22-27(21-37(45)40(38)53-25-26-9-8-14-30(44)19-26)20-36-41(49)46-43(51)48(42(36)50)31-23-34-32(28-10-4-2-5-11-28)15-17-47-18-16-33(35(24-31)39(34)47)29-12-6-3-7-13-29/h2-14,19-24,32-33H,15-18,25H2,1H3,(H,46,49,51)/b36-20+/t32-,33-/m1/s1. The highest BCUT2D eigenvalue weighted by Gasteiger charge is 2.40. The van der Waals surface area contributed by atoms with E-state index in [0.29, 0.717) is 27.8 Å². The Morgan fingerprint density at radius 1 is 0.792 bits per heavy atom. The fourth-order valence-electron chi connectivity index (χ4n) is 7.77. The molecule has 4 amide bonds. The molecule has 1 fully saturated rings. The Balaban J connectivity index is 1.19. The molecule has 8 rings (SSSR count). The van der Waals surface area contributed by atoms with Crippen LogP contribution >= 0.6 is 23.2 Å². The van der Waals surface area contributed by atoms with Crippen LogP contribution in [-0.2, 0) is 16.2 Å². The number of halogens is 2. The zero-order chi connectivity index (χ0) is 36.6. The fraction of sp³-hybridized carbons (Fsp3) is 0.186. The number of carbonyl (C=O) groups excluding carboxylic acids is 3. The molecule has 0 saturated carbocycles. The molecule has 3 heterocycles. The Bertz CT molecular complexity index is 2200. The van der Waals surface area contributed by atoms with E-state index in [2.05, 4.69) is 34.5 Å². The molecule has 10 heteroatoms. The summed E-state index contributed by atoms with van der Waals surface area (Å²) in [5, 5.41) is 3.20. The molecular formula is C43H35Cl2N3O5. The number of ether oxygens (including phenoxy) is 2. The van der Waals surface area contributed by atoms with E-state index in [-0.39, 0.29) is 29.0 Å². The van der Waals surface area contributed by atoms with Crippen molar-refractivity contribution in [2.45, 2.75) is 31.3 Å². The fourth-order valence-corrected chi connectivity index (χ4v) is 8.26. The number of carbonyl (C=O) groups is 3. The van der Waals surface area contributed by atoms with E-state index in [1.807, 2.05) is 60.7 Å². The van der Waals surface area contributed by atoms with Crippen molar-refractivity contribution in [3.63, 3.8) is 0 Å². The monoisotopic (exact) mass is 743 g/mol. The third-order valence-corrected chi connectivity index (χ3v) is 10.7. The van der Waals surface area contributed by atoms with Crippen LogP contribution < -0.4 is 24.6 Å². The molecule has 1 N–H and O–H groups in total. The first kappa shape index (κ1) is 34.5. The van der Waals surface area contributed by atoms with Crippen molar-refractivity contribution in [3.8, 4) is 11.5 Å². The van der Waals surface area contributed by atoms with E-state index < -0.39 is 17.8 Å². The molecule has 2 atom stereocenters. The Morgan fingerprint density at radius 3 is 2.04 bits per heavy atom. The number of amides is 4. The Kier molecular flexibility index (Phi) is 9.41. The van der Waals surface area contributed by atoms with Gasteiger partial charge in [0.05, 0.1) is 17.8 Å². The van der Waals surface area contributed by atoms with Crippen LogP contribution in [0.3, 0.4) is 0 Å². The van der Waals surface area contributed by atoms with Gasteiger partial charge >= 0.3 is 6.03 Å². The van der Waals surface area contributed by atoms with Crippen LogP contribution in [-0.4, -0.2) is 38.0 Å². The van der Waals surface area contributed by atoms with Crippen LogP contribution in [0.15, 0.2) is 115 Å². The SMILES string of the molecule is COc1cc(/C=C2\C(=O)NC(=O)N(c3cc4c5c(c3)[C@@H](c3ccccc3)CCN5CC[C@@H]4c3ccccc3)C2=O)cc(Cl)c1OCc1cccc(Cl)c1. The van der Waals surface area contributed by atoms with Gasteiger partial charge in [-0.3, -0.25) is 14.9 Å². The lowest BCUT2D eigenvalue weighted by molar-refractivity contribution is -0.122. The third-order valence-electron chi connectivity index (χ3n) is 10.2. The highest BCUT2D eigenvalue weighted by molar-refractivity contribution is 6.39. The Morgan fingerprint density at radius 2 is 1.43 bits per heavy atom. The van der Waals surface area contributed by atoms with Crippen molar-refractivity contribution in [1.29, 1.82) is 0 Å². The number of hydrogen-bond acceptors (Lipinski definition) is 6. The summed E-state index contributed by atoms with van der Waals surface area (Å²) in [6.07, 6.45) is 3.19. The second kappa shape index (κ2) is 14.5. The lowest BCUT2D eigenvalue weighted by atomic mass is 9.76. The van der Waals surface area contributed by atoms with Gasteiger partial charge in [0, 0.05) is 35.6 Å². The van der Waals surface area contributed by atoms with Crippen LogP contribution in [0, 0.1) is 0 Å². The average Bonchev–Trinajstić information content (AvgIpc) is 3.16. The van der Waals surface area contributed by atoms with Gasteiger partial charge in [0.25, 0.3) is 11.8 Å². The quantitative estimate of drug-likeness (QED) is 0.126. The molecule has 0 bridgehead atoms. The summed E-state index contributed by atoms with van der Waals surface area (Å²) in [5.74, 6) is -0.819. The van der Waals surface area contributed by atoms with E-state index in [4.69, 9.17) is 32.7 Å². The number of nitrogens with one attached hydrogen (secondary N) is 1. The Hall–Kier alpha value is -5.57. The van der Waals surface area contributed by atoms with Gasteiger partial charge in [0.15, 0.2) is 11.5 Å². The van der Waals surface area contributed by atoms with Crippen molar-refractivity contribution in [2.75, 3.05) is 30.0 Å². The zero-order valence-corrected chi connectivity index (χ0v) is 30.4. The molecule has 5 aromatic rings. The maximum absolute atomic E-state index is 14.4. The number of benzene rings is 5. The summed E-state index contributed by atoms with van der Waals surface area (Å²) in [6.45, 7) is 1.99. The molecular weight excluding hydrogens is 709 g/mol. The molecule has 0 unspecified atom stereocenters. The second-order valence-electron chi connectivity index (χ2n) is 13.4. The smallest absolute Gasteiger partial charge is 0.335 e. The summed E-state index contributed by atoms with van der Waals surface area (Å²) in [4.78, 5) is 44.8. The topological polar surface area (TPSA) is 88.2 Å². The normalized spacial score (nSPS) is 18.8. The minimum Gasteiger partial charge on any atom is -0.493 e. The Labute approximate surface area is 317 Å². The molecule has 266 valence electrons. The summed E-state index contributed by atoms with van der Waals surface area (Å²) in [7, 11) is 1.47. The summed E-state index contributed by atoms with van der Waals surface area (Å²) >= 11 is 12.8. The highest BCUT2D eigenvalue weighted by atomic mass is 35.5. The molecule has 0 radical (unpaired) electrons. The molecule has 5 aromatic carbocycles. The number of anilines is 2. The van der Waals surface area contributed by atoms with Gasteiger partial charge in [-0.2, -0.15) is 0 Å². The van der Waals surface area contributed by atoms with E-state index in [1.54, 1.807) is 24.3 Å². The molecule has 0 aliphatic carbocycles. The van der Waals surface area contributed by atoms with Crippen molar-refractivity contribution >= 4 is 58.5 Å². The minimum absolute atomic E-state index is 0.0597. The van der Waals surface area contributed by atoms with Gasteiger partial charge in [-0.15, -0.1) is 0 Å². The van der Waals surface area contributed by atoms with Gasteiger partial charge in [-0.1, -0.05) is 96.0 Å². The van der Waals surface area contributed by atoms with Crippen LogP contribution in [0.25, 0.3) is 6.08 Å². The maximum atomic E-state index is 14.4. The highest BCUT2D eigenvalue weighted by Crippen LogP contribution is 2.50. The first-order valence-electron chi connectivity index (χ1n) is 17.5. The van der Waals surface area contributed by atoms with Crippen molar-refractivity contribution < 1.29 is 23.9 Å². The van der Waals surface area contributed by atoms with Gasteiger partial charge in [0.2, 0.25) is 0 Å². The number of barbiturate groups is 1. The van der Waals surface area contributed by atoms with Gasteiger partial charge in [0.1, 0.15) is 12.2 Å². The lowest BCUT2D eigenvalue weighted by Crippen LogP contribution is -2.54. The second-order valence-corrected chi connectivity index (χ2v) is 14.2. The average molecular weight is 745 g/mol. The van der Waals surface area contributed by atoms with Gasteiger partial charge < -0.3 is 14.4 Å². The molecule has 0 spiro atoms. The van der Waals surface area contributed by atoms with E-state index in [0.717, 1.165) is 53.2 Å². The largest absolute Gasteiger partial charge is 0.493 e. The molecule has 0 aromatic heterocycles. The number of urea groups is 1.